The number of nitrogens with one attached hydrogen (secondary N) is 1. The first-order valence-corrected chi connectivity index (χ1v) is 6.13. The van der Waals surface area contributed by atoms with Crippen molar-refractivity contribution in [1.82, 2.24) is 0 Å². The lowest BCUT2D eigenvalue weighted by Gasteiger charge is -2.28. The Labute approximate surface area is 105 Å². The number of nitrogen functional groups attached to an aromatic ring is 1. The summed E-state index contributed by atoms with van der Waals surface area (Å²) in [6.45, 7) is 4.30. The Hall–Kier alpha value is -1.03. The molecule has 0 saturated carbocycles. The van der Waals surface area contributed by atoms with Crippen LogP contribution in [0.15, 0.2) is 22.7 Å². The molecule has 1 aromatic carbocycles. The number of nitrogens with zero attached hydrogens (tertiary/aromatic N) is 1. The van der Waals surface area contributed by atoms with Crippen LogP contribution in [0.1, 0.15) is 25.8 Å². The highest BCUT2D eigenvalue weighted by atomic mass is 79.9. The highest BCUT2D eigenvalue weighted by molar-refractivity contribution is 9.10. The van der Waals surface area contributed by atoms with Gasteiger partial charge in [-0.25, -0.2) is 0 Å². The third-order valence-electron chi connectivity index (χ3n) is 2.88. The maximum atomic E-state index is 7.59. The van der Waals surface area contributed by atoms with E-state index in [0.717, 1.165) is 22.1 Å². The molecule has 0 aliphatic heterocycles. The summed E-state index contributed by atoms with van der Waals surface area (Å²) in [4.78, 5) is 2.16. The molecule has 1 unspecified atom stereocenters. The highest BCUT2D eigenvalue weighted by Gasteiger charge is 2.13. The molecule has 3 nitrogen and oxygen atoms in total. The van der Waals surface area contributed by atoms with Gasteiger partial charge in [-0.3, -0.25) is 5.41 Å². The summed E-state index contributed by atoms with van der Waals surface area (Å²) < 4.78 is 0.944. The fourth-order valence-corrected chi connectivity index (χ4v) is 1.90. The Morgan fingerprint density at radius 1 is 1.56 bits per heavy atom. The lowest BCUT2D eigenvalue weighted by Crippen LogP contribution is -2.30. The van der Waals surface area contributed by atoms with Crippen LogP contribution in [0, 0.1) is 5.41 Å². The number of halogens is 1. The van der Waals surface area contributed by atoms with Crippen LogP contribution in [0.25, 0.3) is 0 Å². The molecule has 16 heavy (non-hydrogen) atoms. The van der Waals surface area contributed by atoms with Crippen molar-refractivity contribution in [3.63, 3.8) is 0 Å². The first kappa shape index (κ1) is 13.0. The third kappa shape index (κ3) is 2.76. The second kappa shape index (κ2) is 5.34. The number of hydrogen-bond acceptors (Lipinski definition) is 2. The lowest BCUT2D eigenvalue weighted by molar-refractivity contribution is 0.663. The number of benzene rings is 1. The number of anilines is 1. The molecule has 4 heteroatoms. The molecule has 0 aliphatic rings. The summed E-state index contributed by atoms with van der Waals surface area (Å²) in [6.07, 6.45) is 1.06. The van der Waals surface area contributed by atoms with Gasteiger partial charge < -0.3 is 10.6 Å². The molecular formula is C12H18BrN3. The van der Waals surface area contributed by atoms with E-state index in [2.05, 4.69) is 34.7 Å². The summed E-state index contributed by atoms with van der Waals surface area (Å²) in [5.41, 5.74) is 7.38. The van der Waals surface area contributed by atoms with E-state index in [1.54, 1.807) is 0 Å². The molecule has 0 aliphatic carbocycles. The zero-order chi connectivity index (χ0) is 12.3. The average Bonchev–Trinajstić information content (AvgIpc) is 2.26. The minimum Gasteiger partial charge on any atom is -0.384 e. The Balaban J connectivity index is 3.17. The van der Waals surface area contributed by atoms with Crippen molar-refractivity contribution in [2.24, 2.45) is 5.73 Å². The van der Waals surface area contributed by atoms with E-state index in [1.807, 2.05) is 25.2 Å². The van der Waals surface area contributed by atoms with Gasteiger partial charge >= 0.3 is 0 Å². The Morgan fingerprint density at radius 3 is 2.69 bits per heavy atom. The van der Waals surface area contributed by atoms with Crippen molar-refractivity contribution in [3.8, 4) is 0 Å². The van der Waals surface area contributed by atoms with Crippen LogP contribution < -0.4 is 10.6 Å². The fraction of sp³-hybridized carbons (Fsp3) is 0.417. The van der Waals surface area contributed by atoms with Crippen molar-refractivity contribution < 1.29 is 0 Å². The van der Waals surface area contributed by atoms with Crippen LogP contribution in [-0.4, -0.2) is 18.9 Å². The van der Waals surface area contributed by atoms with Crippen molar-refractivity contribution in [3.05, 3.63) is 28.2 Å². The lowest BCUT2D eigenvalue weighted by atomic mass is 10.1. The van der Waals surface area contributed by atoms with Gasteiger partial charge in [0.2, 0.25) is 0 Å². The van der Waals surface area contributed by atoms with Crippen LogP contribution in [0.2, 0.25) is 0 Å². The molecule has 1 rings (SSSR count). The van der Waals surface area contributed by atoms with E-state index in [1.165, 1.54) is 0 Å². The van der Waals surface area contributed by atoms with Crippen LogP contribution in [0.5, 0.6) is 0 Å². The van der Waals surface area contributed by atoms with Crippen LogP contribution in [0.3, 0.4) is 0 Å². The molecule has 0 saturated heterocycles. The van der Waals surface area contributed by atoms with Gasteiger partial charge in [-0.2, -0.15) is 0 Å². The smallest absolute Gasteiger partial charge is 0.124 e. The molecule has 1 atom stereocenters. The van der Waals surface area contributed by atoms with Gasteiger partial charge in [-0.05, 0) is 31.5 Å². The van der Waals surface area contributed by atoms with Gasteiger partial charge in [0, 0.05) is 28.8 Å². The first-order valence-electron chi connectivity index (χ1n) is 5.34. The molecule has 1 aromatic rings. The molecule has 0 heterocycles. The van der Waals surface area contributed by atoms with Gasteiger partial charge in [0.05, 0.1) is 0 Å². The van der Waals surface area contributed by atoms with E-state index >= 15 is 0 Å². The third-order valence-corrected chi connectivity index (χ3v) is 3.37. The minimum atomic E-state index is 0.103. The Kier molecular flexibility index (Phi) is 4.35. The number of nitrogens with two attached hydrogens (primary N) is 1. The minimum absolute atomic E-state index is 0.103. The number of amidine groups is 1. The zero-order valence-corrected chi connectivity index (χ0v) is 11.5. The van der Waals surface area contributed by atoms with Crippen LogP contribution >= 0.6 is 15.9 Å². The number of rotatable bonds is 4. The van der Waals surface area contributed by atoms with Gasteiger partial charge in [-0.1, -0.05) is 22.9 Å². The maximum absolute atomic E-state index is 7.59. The summed E-state index contributed by atoms with van der Waals surface area (Å²) in [5, 5.41) is 7.59. The van der Waals surface area contributed by atoms with Gasteiger partial charge in [0.15, 0.2) is 0 Å². The van der Waals surface area contributed by atoms with E-state index in [4.69, 9.17) is 11.1 Å². The molecule has 88 valence electrons. The quantitative estimate of drug-likeness (QED) is 0.659. The molecule has 3 N–H and O–H groups in total. The van der Waals surface area contributed by atoms with Crippen molar-refractivity contribution in [1.29, 1.82) is 5.41 Å². The predicted octanol–water partition coefficient (Wildman–Crippen LogP) is 2.97. The summed E-state index contributed by atoms with van der Waals surface area (Å²) >= 11 is 3.40. The predicted molar refractivity (Wildman–Crippen MR) is 73.3 cm³/mol. The second-order valence-corrected chi connectivity index (χ2v) is 4.86. The SMILES string of the molecule is CCC(C)N(C)c1ccc(Br)cc1C(=N)N. The fourth-order valence-electron chi connectivity index (χ4n) is 1.54. The monoisotopic (exact) mass is 283 g/mol. The summed E-state index contributed by atoms with van der Waals surface area (Å²) in [7, 11) is 2.03. The normalized spacial score (nSPS) is 12.2. The topological polar surface area (TPSA) is 53.1 Å². The highest BCUT2D eigenvalue weighted by Crippen LogP contribution is 2.25. The van der Waals surface area contributed by atoms with Crippen molar-refractivity contribution >= 4 is 27.5 Å². The van der Waals surface area contributed by atoms with Gasteiger partial charge in [0.1, 0.15) is 5.84 Å². The van der Waals surface area contributed by atoms with E-state index in [-0.39, 0.29) is 5.84 Å². The molecule has 0 radical (unpaired) electrons. The van der Waals surface area contributed by atoms with Gasteiger partial charge in [-0.15, -0.1) is 0 Å². The largest absolute Gasteiger partial charge is 0.384 e. The molecule has 0 aromatic heterocycles. The standard InChI is InChI=1S/C12H18BrN3/c1-4-8(2)16(3)11-6-5-9(13)7-10(11)12(14)15/h5-8H,4H2,1-3H3,(H3,14,15). The Bertz CT molecular complexity index is 390. The van der Waals surface area contributed by atoms with E-state index in [9.17, 15) is 0 Å². The maximum Gasteiger partial charge on any atom is 0.124 e. The van der Waals surface area contributed by atoms with Gasteiger partial charge in [0.25, 0.3) is 0 Å². The molecule has 0 fully saturated rings. The number of hydrogen-bond donors (Lipinski definition) is 2. The summed E-state index contributed by atoms with van der Waals surface area (Å²) in [5.74, 6) is 0.103. The zero-order valence-electron chi connectivity index (χ0n) is 9.92. The van der Waals surface area contributed by atoms with Crippen LogP contribution in [0.4, 0.5) is 5.69 Å². The molecule has 0 spiro atoms. The van der Waals surface area contributed by atoms with Crippen LogP contribution in [-0.2, 0) is 0 Å². The molecular weight excluding hydrogens is 266 g/mol. The molecule has 0 bridgehead atoms. The first-order chi connectivity index (χ1) is 7.47. The average molecular weight is 284 g/mol. The van der Waals surface area contributed by atoms with Crippen molar-refractivity contribution in [2.75, 3.05) is 11.9 Å². The molecule has 0 amide bonds. The Morgan fingerprint density at radius 2 is 2.19 bits per heavy atom. The van der Waals surface area contributed by atoms with E-state index < -0.39 is 0 Å². The van der Waals surface area contributed by atoms with Crippen molar-refractivity contribution in [2.45, 2.75) is 26.3 Å². The summed E-state index contributed by atoms with van der Waals surface area (Å²) in [6, 6.07) is 6.28. The van der Waals surface area contributed by atoms with E-state index in [0.29, 0.717) is 6.04 Å². The second-order valence-electron chi connectivity index (χ2n) is 3.94.